The highest BCUT2D eigenvalue weighted by molar-refractivity contribution is 5.44. The molecule has 2 atom stereocenters. The van der Waals surface area contributed by atoms with Crippen LogP contribution in [0, 0.1) is 0 Å². The second kappa shape index (κ2) is 7.85. The Morgan fingerprint density at radius 2 is 1.43 bits per heavy atom. The van der Waals surface area contributed by atoms with Gasteiger partial charge < -0.3 is 24.4 Å². The summed E-state index contributed by atoms with van der Waals surface area (Å²) < 4.78 is 15.6. The summed E-state index contributed by atoms with van der Waals surface area (Å²) in [6.45, 7) is -0.192. The van der Waals surface area contributed by atoms with Gasteiger partial charge in [-0.2, -0.15) is 0 Å². The van der Waals surface area contributed by atoms with Crippen molar-refractivity contribution in [2.75, 3.05) is 27.9 Å². The Kier molecular flexibility index (Phi) is 5.84. The van der Waals surface area contributed by atoms with E-state index < -0.39 is 12.0 Å². The SMILES string of the molecule is COc1ccc([C@H](O)[C@H](CO)c2ccc(OC)c(OC)c2)cc1. The number of benzene rings is 2. The van der Waals surface area contributed by atoms with Crippen LogP contribution in [-0.2, 0) is 0 Å². The molecule has 0 aliphatic carbocycles. The molecule has 5 nitrogen and oxygen atoms in total. The molecular weight excluding hydrogens is 296 g/mol. The van der Waals surface area contributed by atoms with Crippen molar-refractivity contribution in [3.63, 3.8) is 0 Å². The highest BCUT2D eigenvalue weighted by Gasteiger charge is 2.23. The first-order chi connectivity index (χ1) is 11.1. The quantitative estimate of drug-likeness (QED) is 0.821. The topological polar surface area (TPSA) is 68.2 Å². The maximum atomic E-state index is 10.6. The third-order valence-electron chi connectivity index (χ3n) is 3.87. The summed E-state index contributed by atoms with van der Waals surface area (Å²) in [5, 5.41) is 20.4. The first kappa shape index (κ1) is 17.1. The largest absolute Gasteiger partial charge is 0.497 e. The van der Waals surface area contributed by atoms with Crippen LogP contribution in [0.15, 0.2) is 42.5 Å². The molecule has 2 aromatic carbocycles. The van der Waals surface area contributed by atoms with Gasteiger partial charge in [0.15, 0.2) is 11.5 Å². The molecule has 2 aromatic rings. The molecular formula is C18H22O5. The molecule has 2 N–H and O–H groups in total. The standard InChI is InChI=1S/C18H22O5/c1-21-14-7-4-12(5-8-14)18(20)15(11-19)13-6-9-16(22-2)17(10-13)23-3/h4-10,15,18-20H,11H2,1-3H3/t15-,18+/m1/s1. The molecule has 124 valence electrons. The molecule has 0 amide bonds. The Morgan fingerprint density at radius 1 is 0.826 bits per heavy atom. The normalized spacial score (nSPS) is 13.3. The van der Waals surface area contributed by atoms with Crippen LogP contribution in [0.3, 0.4) is 0 Å². The van der Waals surface area contributed by atoms with E-state index in [1.165, 1.54) is 0 Å². The Balaban J connectivity index is 2.30. The summed E-state index contributed by atoms with van der Waals surface area (Å²) in [5.41, 5.74) is 1.48. The zero-order valence-electron chi connectivity index (χ0n) is 13.5. The molecule has 0 saturated carbocycles. The predicted octanol–water partition coefficient (Wildman–Crippen LogP) is 2.52. The van der Waals surface area contributed by atoms with E-state index in [9.17, 15) is 10.2 Å². The van der Waals surface area contributed by atoms with Crippen molar-refractivity contribution in [1.29, 1.82) is 0 Å². The highest BCUT2D eigenvalue weighted by atomic mass is 16.5. The van der Waals surface area contributed by atoms with Crippen LogP contribution in [0.5, 0.6) is 17.2 Å². The molecule has 0 spiro atoms. The number of hydrogen-bond donors (Lipinski definition) is 2. The van der Waals surface area contributed by atoms with E-state index >= 15 is 0 Å². The summed E-state index contributed by atoms with van der Waals surface area (Å²) >= 11 is 0. The van der Waals surface area contributed by atoms with Gasteiger partial charge in [-0.3, -0.25) is 0 Å². The lowest BCUT2D eigenvalue weighted by Gasteiger charge is -2.23. The Labute approximate surface area is 136 Å². The fraction of sp³-hybridized carbons (Fsp3) is 0.333. The van der Waals surface area contributed by atoms with Crippen LogP contribution in [-0.4, -0.2) is 38.1 Å². The van der Waals surface area contributed by atoms with Crippen LogP contribution >= 0.6 is 0 Å². The van der Waals surface area contributed by atoms with Gasteiger partial charge in [0.2, 0.25) is 0 Å². The van der Waals surface area contributed by atoms with Gasteiger partial charge in [0.1, 0.15) is 5.75 Å². The number of ether oxygens (including phenoxy) is 3. The lowest BCUT2D eigenvalue weighted by Crippen LogP contribution is -2.15. The molecule has 2 rings (SSSR count). The molecule has 0 fully saturated rings. The number of rotatable bonds is 7. The Morgan fingerprint density at radius 3 is 1.96 bits per heavy atom. The van der Waals surface area contributed by atoms with Crippen molar-refractivity contribution < 1.29 is 24.4 Å². The first-order valence-corrected chi connectivity index (χ1v) is 7.29. The van der Waals surface area contributed by atoms with E-state index in [0.29, 0.717) is 22.8 Å². The zero-order valence-corrected chi connectivity index (χ0v) is 13.5. The molecule has 0 saturated heterocycles. The first-order valence-electron chi connectivity index (χ1n) is 7.29. The zero-order chi connectivity index (χ0) is 16.8. The Bertz CT molecular complexity index is 624. The summed E-state index contributed by atoms with van der Waals surface area (Å²) in [6.07, 6.45) is -0.844. The molecule has 23 heavy (non-hydrogen) atoms. The lowest BCUT2D eigenvalue weighted by atomic mass is 9.89. The molecule has 0 aliphatic rings. The summed E-state index contributed by atoms with van der Waals surface area (Å²) in [7, 11) is 4.70. The van der Waals surface area contributed by atoms with Gasteiger partial charge in [-0.15, -0.1) is 0 Å². The molecule has 0 bridgehead atoms. The van der Waals surface area contributed by atoms with Crippen LogP contribution in [0.1, 0.15) is 23.1 Å². The van der Waals surface area contributed by atoms with Crippen molar-refractivity contribution in [3.8, 4) is 17.2 Å². The van der Waals surface area contributed by atoms with Crippen LogP contribution in [0.4, 0.5) is 0 Å². The molecule has 0 unspecified atom stereocenters. The third-order valence-corrected chi connectivity index (χ3v) is 3.87. The highest BCUT2D eigenvalue weighted by Crippen LogP contribution is 2.36. The van der Waals surface area contributed by atoms with Gasteiger partial charge >= 0.3 is 0 Å². The second-order valence-corrected chi connectivity index (χ2v) is 5.12. The predicted molar refractivity (Wildman–Crippen MR) is 87.3 cm³/mol. The van der Waals surface area contributed by atoms with Crippen LogP contribution in [0.2, 0.25) is 0 Å². The van der Waals surface area contributed by atoms with Gasteiger partial charge in [-0.05, 0) is 35.4 Å². The molecule has 0 radical (unpaired) electrons. The number of aliphatic hydroxyl groups excluding tert-OH is 2. The molecule has 0 heterocycles. The lowest BCUT2D eigenvalue weighted by molar-refractivity contribution is 0.107. The third kappa shape index (κ3) is 3.75. The van der Waals surface area contributed by atoms with Crippen LogP contribution in [0.25, 0.3) is 0 Å². The van der Waals surface area contributed by atoms with Crippen molar-refractivity contribution in [2.24, 2.45) is 0 Å². The maximum absolute atomic E-state index is 10.6. The Hall–Kier alpha value is -2.24. The van der Waals surface area contributed by atoms with Crippen molar-refractivity contribution in [3.05, 3.63) is 53.6 Å². The van der Waals surface area contributed by atoms with E-state index in [4.69, 9.17) is 14.2 Å². The van der Waals surface area contributed by atoms with Gasteiger partial charge in [0.05, 0.1) is 34.0 Å². The van der Waals surface area contributed by atoms with Crippen molar-refractivity contribution in [1.82, 2.24) is 0 Å². The smallest absolute Gasteiger partial charge is 0.161 e. The number of methoxy groups -OCH3 is 3. The van der Waals surface area contributed by atoms with Gasteiger partial charge in [-0.1, -0.05) is 18.2 Å². The van der Waals surface area contributed by atoms with Crippen LogP contribution < -0.4 is 14.2 Å². The number of aliphatic hydroxyl groups is 2. The van der Waals surface area contributed by atoms with E-state index in [1.807, 2.05) is 6.07 Å². The van der Waals surface area contributed by atoms with E-state index in [2.05, 4.69) is 0 Å². The van der Waals surface area contributed by atoms with Gasteiger partial charge in [0.25, 0.3) is 0 Å². The van der Waals surface area contributed by atoms with Crippen molar-refractivity contribution >= 4 is 0 Å². The minimum atomic E-state index is -0.844. The summed E-state index contributed by atoms with van der Waals surface area (Å²) in [6, 6.07) is 12.5. The van der Waals surface area contributed by atoms with Gasteiger partial charge in [-0.25, -0.2) is 0 Å². The van der Waals surface area contributed by atoms with E-state index in [-0.39, 0.29) is 6.61 Å². The summed E-state index contributed by atoms with van der Waals surface area (Å²) in [4.78, 5) is 0. The van der Waals surface area contributed by atoms with E-state index in [1.54, 1.807) is 57.7 Å². The molecule has 0 aliphatic heterocycles. The summed E-state index contributed by atoms with van der Waals surface area (Å²) in [5.74, 6) is 1.41. The number of hydrogen-bond acceptors (Lipinski definition) is 5. The molecule has 5 heteroatoms. The average molecular weight is 318 g/mol. The average Bonchev–Trinajstić information content (AvgIpc) is 2.62. The van der Waals surface area contributed by atoms with E-state index in [0.717, 1.165) is 5.56 Å². The second-order valence-electron chi connectivity index (χ2n) is 5.12. The fourth-order valence-electron chi connectivity index (χ4n) is 2.50. The fourth-order valence-corrected chi connectivity index (χ4v) is 2.50. The monoisotopic (exact) mass is 318 g/mol. The molecule has 0 aromatic heterocycles. The van der Waals surface area contributed by atoms with Gasteiger partial charge in [0, 0.05) is 5.92 Å². The minimum absolute atomic E-state index is 0.192. The minimum Gasteiger partial charge on any atom is -0.497 e. The van der Waals surface area contributed by atoms with Crippen molar-refractivity contribution in [2.45, 2.75) is 12.0 Å². The maximum Gasteiger partial charge on any atom is 0.161 e.